The van der Waals surface area contributed by atoms with Gasteiger partial charge in [0.2, 0.25) is 5.88 Å². The molecule has 0 saturated carbocycles. The maximum absolute atomic E-state index is 12.8. The number of benzene rings is 2. The van der Waals surface area contributed by atoms with Gasteiger partial charge in [-0.3, -0.25) is 4.79 Å². The minimum absolute atomic E-state index is 0.0717. The van der Waals surface area contributed by atoms with E-state index in [1.54, 1.807) is 24.3 Å². The number of carboxylic acids is 1. The van der Waals surface area contributed by atoms with E-state index >= 15 is 0 Å². The van der Waals surface area contributed by atoms with Crippen LogP contribution in [0.3, 0.4) is 0 Å². The van der Waals surface area contributed by atoms with Crippen LogP contribution in [-0.2, 0) is 11.2 Å². The topological polar surface area (TPSA) is 117 Å². The zero-order valence-electron chi connectivity index (χ0n) is 15.8. The molecule has 2 aromatic carbocycles. The molecular weight excluding hydrogens is 384 g/mol. The molecule has 4 aromatic rings. The lowest BCUT2D eigenvalue weighted by Crippen LogP contribution is -2.42. The van der Waals surface area contributed by atoms with Crippen LogP contribution in [0.25, 0.3) is 16.9 Å². The van der Waals surface area contributed by atoms with E-state index in [9.17, 15) is 19.8 Å². The van der Waals surface area contributed by atoms with E-state index in [-0.39, 0.29) is 23.5 Å². The Morgan fingerprint density at radius 2 is 1.70 bits per heavy atom. The van der Waals surface area contributed by atoms with Crippen molar-refractivity contribution in [2.45, 2.75) is 12.5 Å². The Balaban J connectivity index is 1.65. The highest BCUT2D eigenvalue weighted by Gasteiger charge is 2.24. The Kier molecular flexibility index (Phi) is 5.13. The molecule has 8 nitrogen and oxygen atoms in total. The number of carbonyl (C=O) groups is 2. The number of hydrogen-bond acceptors (Lipinski definition) is 5. The molecule has 30 heavy (non-hydrogen) atoms. The molecule has 8 heteroatoms. The van der Waals surface area contributed by atoms with Gasteiger partial charge in [-0.15, -0.1) is 0 Å². The van der Waals surface area contributed by atoms with Gasteiger partial charge in [-0.25, -0.2) is 9.78 Å². The largest absolute Gasteiger partial charge is 0.493 e. The fourth-order valence-corrected chi connectivity index (χ4v) is 3.15. The number of aromatic hydroxyl groups is 1. The second-order valence-corrected chi connectivity index (χ2v) is 6.71. The van der Waals surface area contributed by atoms with E-state index in [2.05, 4.69) is 15.4 Å². The maximum atomic E-state index is 12.8. The molecule has 2 aromatic heterocycles. The molecule has 0 saturated heterocycles. The second kappa shape index (κ2) is 8.04. The molecule has 4 rings (SSSR count). The van der Waals surface area contributed by atoms with Crippen molar-refractivity contribution in [2.24, 2.45) is 0 Å². The Morgan fingerprint density at radius 1 is 1.03 bits per heavy atom. The number of fused-ring (bicyclic) bond motifs is 1. The van der Waals surface area contributed by atoms with E-state index in [1.165, 1.54) is 12.3 Å². The molecule has 1 atom stereocenters. The summed E-state index contributed by atoms with van der Waals surface area (Å²) in [7, 11) is 0. The molecule has 0 spiro atoms. The lowest BCUT2D eigenvalue weighted by molar-refractivity contribution is -0.139. The molecule has 0 fully saturated rings. The lowest BCUT2D eigenvalue weighted by atomic mass is 10.1. The third kappa shape index (κ3) is 3.83. The number of rotatable bonds is 6. The van der Waals surface area contributed by atoms with Gasteiger partial charge in [-0.2, -0.15) is 9.61 Å². The van der Waals surface area contributed by atoms with Gasteiger partial charge in [0.05, 0.1) is 11.9 Å². The van der Waals surface area contributed by atoms with E-state index in [0.717, 1.165) is 15.6 Å². The molecule has 3 N–H and O–H groups in total. The molecule has 0 bridgehead atoms. The summed E-state index contributed by atoms with van der Waals surface area (Å²) in [6.45, 7) is 0. The van der Waals surface area contributed by atoms with Crippen LogP contribution >= 0.6 is 0 Å². The van der Waals surface area contributed by atoms with Crippen LogP contribution in [0, 0.1) is 0 Å². The van der Waals surface area contributed by atoms with Crippen molar-refractivity contribution in [1.29, 1.82) is 0 Å². The van der Waals surface area contributed by atoms with Crippen LogP contribution in [0.2, 0.25) is 0 Å². The Bertz CT molecular complexity index is 1210. The summed E-state index contributed by atoms with van der Waals surface area (Å²) >= 11 is 0. The number of carbonyl (C=O) groups excluding carboxylic acids is 1. The van der Waals surface area contributed by atoms with Crippen molar-refractivity contribution < 1.29 is 19.8 Å². The number of carboxylic acid groups (broad SMARTS) is 1. The van der Waals surface area contributed by atoms with Crippen molar-refractivity contribution in [3.8, 4) is 17.1 Å². The quantitative estimate of drug-likeness (QED) is 0.456. The highest BCUT2D eigenvalue weighted by molar-refractivity contribution is 6.01. The zero-order chi connectivity index (χ0) is 21.1. The monoisotopic (exact) mass is 402 g/mol. The fourth-order valence-electron chi connectivity index (χ4n) is 3.15. The number of aliphatic carboxylic acids is 1. The summed E-state index contributed by atoms with van der Waals surface area (Å²) in [5.74, 6) is -1.97. The lowest BCUT2D eigenvalue weighted by Gasteiger charge is -2.14. The number of aromatic nitrogens is 3. The number of hydrogen-bond donors (Lipinski definition) is 3. The normalized spacial score (nSPS) is 11.9. The van der Waals surface area contributed by atoms with E-state index in [0.29, 0.717) is 5.69 Å². The van der Waals surface area contributed by atoms with Gasteiger partial charge in [0.15, 0.2) is 5.65 Å². The van der Waals surface area contributed by atoms with Crippen molar-refractivity contribution in [2.75, 3.05) is 0 Å². The smallest absolute Gasteiger partial charge is 0.326 e. The summed E-state index contributed by atoms with van der Waals surface area (Å²) in [5, 5.41) is 26.4. The number of nitrogens with one attached hydrogen (secondary N) is 1. The van der Waals surface area contributed by atoms with Gasteiger partial charge < -0.3 is 15.5 Å². The minimum Gasteiger partial charge on any atom is -0.493 e. The predicted molar refractivity (Wildman–Crippen MR) is 109 cm³/mol. The molecule has 0 unspecified atom stereocenters. The second-order valence-electron chi connectivity index (χ2n) is 6.71. The molecule has 0 aliphatic carbocycles. The summed E-state index contributed by atoms with van der Waals surface area (Å²) in [6.07, 6.45) is 1.39. The van der Waals surface area contributed by atoms with Crippen molar-refractivity contribution in [3.63, 3.8) is 0 Å². The van der Waals surface area contributed by atoms with Crippen LogP contribution in [0.4, 0.5) is 0 Å². The van der Waals surface area contributed by atoms with E-state index in [1.807, 2.05) is 36.4 Å². The molecule has 1 amide bonds. The van der Waals surface area contributed by atoms with Crippen LogP contribution in [0.1, 0.15) is 15.9 Å². The van der Waals surface area contributed by atoms with Gasteiger partial charge in [0.25, 0.3) is 5.91 Å². The number of amides is 1. The number of nitrogens with zero attached hydrogens (tertiary/aromatic N) is 3. The van der Waals surface area contributed by atoms with Crippen LogP contribution in [-0.4, -0.2) is 42.7 Å². The van der Waals surface area contributed by atoms with E-state index < -0.39 is 17.9 Å². The Labute approximate surface area is 171 Å². The zero-order valence-corrected chi connectivity index (χ0v) is 15.8. The van der Waals surface area contributed by atoms with Gasteiger partial charge in [0.1, 0.15) is 11.6 Å². The molecule has 0 aliphatic heterocycles. The van der Waals surface area contributed by atoms with Crippen molar-refractivity contribution in [3.05, 3.63) is 84.1 Å². The van der Waals surface area contributed by atoms with Crippen molar-refractivity contribution >= 4 is 17.5 Å². The standard InChI is InChI=1S/C22H18N4O4/c27-19-12-17(15-9-5-2-6-10-15)24-20-16(13-23-26(19)20)21(28)25-18(22(29)30)11-14-7-3-1-4-8-14/h1-10,12-13,18,27H,11H2,(H,25,28)(H,29,30)/t18-/m0/s1. The van der Waals surface area contributed by atoms with Crippen LogP contribution in [0.15, 0.2) is 72.9 Å². The summed E-state index contributed by atoms with van der Waals surface area (Å²) in [4.78, 5) is 29.0. The maximum Gasteiger partial charge on any atom is 0.326 e. The van der Waals surface area contributed by atoms with Crippen LogP contribution in [0.5, 0.6) is 5.88 Å². The summed E-state index contributed by atoms with van der Waals surface area (Å²) in [5.41, 5.74) is 2.22. The third-order valence-corrected chi connectivity index (χ3v) is 4.65. The molecule has 2 heterocycles. The molecule has 0 radical (unpaired) electrons. The van der Waals surface area contributed by atoms with Crippen molar-refractivity contribution in [1.82, 2.24) is 19.9 Å². The average Bonchev–Trinajstić information content (AvgIpc) is 3.19. The first kappa shape index (κ1) is 19.1. The summed E-state index contributed by atoms with van der Waals surface area (Å²) in [6, 6.07) is 18.5. The first-order chi connectivity index (χ1) is 14.5. The van der Waals surface area contributed by atoms with Gasteiger partial charge in [-0.1, -0.05) is 60.7 Å². The molecule has 0 aliphatic rings. The van der Waals surface area contributed by atoms with Crippen LogP contribution < -0.4 is 5.32 Å². The molecular formula is C22H18N4O4. The van der Waals surface area contributed by atoms with Gasteiger partial charge in [0, 0.05) is 18.1 Å². The third-order valence-electron chi connectivity index (χ3n) is 4.65. The first-order valence-corrected chi connectivity index (χ1v) is 9.23. The predicted octanol–water partition coefficient (Wildman–Crippen LogP) is 2.53. The average molecular weight is 402 g/mol. The van der Waals surface area contributed by atoms with E-state index in [4.69, 9.17) is 0 Å². The highest BCUT2D eigenvalue weighted by atomic mass is 16.4. The highest BCUT2D eigenvalue weighted by Crippen LogP contribution is 2.24. The minimum atomic E-state index is -1.15. The SMILES string of the molecule is O=C(N[C@@H](Cc1ccccc1)C(=O)O)c1cnn2c(O)cc(-c3ccccc3)nc12. The van der Waals surface area contributed by atoms with Gasteiger partial charge in [-0.05, 0) is 5.56 Å². The first-order valence-electron chi connectivity index (χ1n) is 9.23. The Hall–Kier alpha value is -4.20. The summed E-state index contributed by atoms with van der Waals surface area (Å²) < 4.78 is 1.13. The fraction of sp³-hybridized carbons (Fsp3) is 0.0909. The van der Waals surface area contributed by atoms with Gasteiger partial charge >= 0.3 is 5.97 Å². The molecule has 150 valence electrons. The Morgan fingerprint density at radius 3 is 2.37 bits per heavy atom.